The number of carboxylic acids is 1. The van der Waals surface area contributed by atoms with Gasteiger partial charge in [-0.1, -0.05) is 0 Å². The number of nitrogens with zero attached hydrogens (tertiary/aromatic N) is 3. The van der Waals surface area contributed by atoms with E-state index in [-0.39, 0.29) is 12.5 Å². The molecule has 0 aromatic carbocycles. The quantitative estimate of drug-likeness (QED) is 0.846. The minimum absolute atomic E-state index is 0.0191. The van der Waals surface area contributed by atoms with Gasteiger partial charge < -0.3 is 14.6 Å². The lowest BCUT2D eigenvalue weighted by molar-refractivity contribution is -0.138. The van der Waals surface area contributed by atoms with Crippen molar-refractivity contribution in [2.45, 2.75) is 6.92 Å². The molecule has 0 spiro atoms. The van der Waals surface area contributed by atoms with Crippen molar-refractivity contribution < 1.29 is 14.7 Å². The number of aromatic nitrogens is 1. The average molecular weight is 265 g/mol. The van der Waals surface area contributed by atoms with Crippen LogP contribution in [0.4, 0.5) is 0 Å². The number of piperazine rings is 1. The Labute approximate surface area is 112 Å². The third-order valence-electron chi connectivity index (χ3n) is 3.61. The minimum Gasteiger partial charge on any atom is -0.480 e. The summed E-state index contributed by atoms with van der Waals surface area (Å²) >= 11 is 0. The lowest BCUT2D eigenvalue weighted by Crippen LogP contribution is -2.50. The number of aliphatic carboxylic acids is 1. The van der Waals surface area contributed by atoms with Crippen LogP contribution in [-0.2, 0) is 11.8 Å². The molecule has 1 aliphatic rings. The summed E-state index contributed by atoms with van der Waals surface area (Å²) in [6.07, 6.45) is 0. The number of rotatable bonds is 3. The summed E-state index contributed by atoms with van der Waals surface area (Å²) in [6, 6.07) is 3.76. The van der Waals surface area contributed by atoms with Crippen LogP contribution in [0.1, 0.15) is 16.2 Å². The molecule has 0 radical (unpaired) electrons. The van der Waals surface area contributed by atoms with E-state index in [1.165, 1.54) is 0 Å². The maximum atomic E-state index is 12.3. The summed E-state index contributed by atoms with van der Waals surface area (Å²) in [4.78, 5) is 26.6. The normalized spacial score (nSPS) is 16.6. The highest BCUT2D eigenvalue weighted by Crippen LogP contribution is 2.11. The van der Waals surface area contributed by atoms with E-state index in [1.807, 2.05) is 35.6 Å². The molecule has 1 aliphatic heterocycles. The Balaban J connectivity index is 1.96. The Morgan fingerprint density at radius 2 is 1.84 bits per heavy atom. The third kappa shape index (κ3) is 2.96. The van der Waals surface area contributed by atoms with Crippen LogP contribution in [0, 0.1) is 6.92 Å². The van der Waals surface area contributed by atoms with E-state index in [2.05, 4.69) is 0 Å². The number of aryl methyl sites for hydroxylation is 1. The fourth-order valence-electron chi connectivity index (χ4n) is 2.29. The van der Waals surface area contributed by atoms with E-state index >= 15 is 0 Å². The fraction of sp³-hybridized carbons (Fsp3) is 0.538. The second-order valence-corrected chi connectivity index (χ2v) is 4.88. The molecule has 6 nitrogen and oxygen atoms in total. The van der Waals surface area contributed by atoms with Gasteiger partial charge in [-0.05, 0) is 19.1 Å². The maximum absolute atomic E-state index is 12.3. The Hall–Kier alpha value is -1.82. The van der Waals surface area contributed by atoms with Crippen LogP contribution in [0.15, 0.2) is 12.1 Å². The maximum Gasteiger partial charge on any atom is 0.317 e. The molecule has 19 heavy (non-hydrogen) atoms. The molecule has 6 heteroatoms. The number of carbonyl (C=O) groups excluding carboxylic acids is 1. The van der Waals surface area contributed by atoms with Crippen molar-refractivity contribution >= 4 is 11.9 Å². The first-order chi connectivity index (χ1) is 8.99. The summed E-state index contributed by atoms with van der Waals surface area (Å²) < 4.78 is 1.88. The molecule has 0 aliphatic carbocycles. The molecular formula is C13H19N3O3. The van der Waals surface area contributed by atoms with Crippen molar-refractivity contribution in [3.05, 3.63) is 23.5 Å². The molecule has 0 saturated carbocycles. The van der Waals surface area contributed by atoms with Crippen LogP contribution in [0.25, 0.3) is 0 Å². The third-order valence-corrected chi connectivity index (χ3v) is 3.61. The molecular weight excluding hydrogens is 246 g/mol. The van der Waals surface area contributed by atoms with E-state index in [0.29, 0.717) is 31.9 Å². The van der Waals surface area contributed by atoms with Crippen LogP contribution < -0.4 is 0 Å². The molecule has 2 heterocycles. The Morgan fingerprint density at radius 1 is 1.21 bits per heavy atom. The van der Waals surface area contributed by atoms with Crippen molar-refractivity contribution in [1.82, 2.24) is 14.4 Å². The average Bonchev–Trinajstić information content (AvgIpc) is 2.69. The van der Waals surface area contributed by atoms with Gasteiger partial charge in [0.15, 0.2) is 0 Å². The van der Waals surface area contributed by atoms with Crippen LogP contribution >= 0.6 is 0 Å². The molecule has 1 aromatic rings. The highest BCUT2D eigenvalue weighted by molar-refractivity contribution is 5.93. The van der Waals surface area contributed by atoms with Crippen LogP contribution in [0.5, 0.6) is 0 Å². The number of hydrogen-bond donors (Lipinski definition) is 1. The van der Waals surface area contributed by atoms with Gasteiger partial charge in [-0.2, -0.15) is 0 Å². The Morgan fingerprint density at radius 3 is 2.32 bits per heavy atom. The van der Waals surface area contributed by atoms with Gasteiger partial charge in [0.05, 0.1) is 6.54 Å². The molecule has 0 bridgehead atoms. The molecule has 1 amide bonds. The Kier molecular flexibility index (Phi) is 3.90. The zero-order valence-electron chi connectivity index (χ0n) is 11.3. The van der Waals surface area contributed by atoms with Gasteiger partial charge in [0.25, 0.3) is 5.91 Å². The first kappa shape index (κ1) is 13.6. The number of hydrogen-bond acceptors (Lipinski definition) is 3. The van der Waals surface area contributed by atoms with Gasteiger partial charge in [0, 0.05) is 38.9 Å². The van der Waals surface area contributed by atoms with Gasteiger partial charge >= 0.3 is 5.97 Å². The van der Waals surface area contributed by atoms with Gasteiger partial charge in [0.1, 0.15) is 5.69 Å². The van der Waals surface area contributed by atoms with Gasteiger partial charge in [-0.15, -0.1) is 0 Å². The van der Waals surface area contributed by atoms with E-state index in [9.17, 15) is 9.59 Å². The summed E-state index contributed by atoms with van der Waals surface area (Å²) in [5.74, 6) is -0.802. The smallest absolute Gasteiger partial charge is 0.317 e. The summed E-state index contributed by atoms with van der Waals surface area (Å²) in [5, 5.41) is 8.73. The predicted molar refractivity (Wildman–Crippen MR) is 70.1 cm³/mol. The zero-order valence-corrected chi connectivity index (χ0v) is 11.3. The number of carbonyl (C=O) groups is 2. The fourth-order valence-corrected chi connectivity index (χ4v) is 2.29. The molecule has 0 atom stereocenters. The second-order valence-electron chi connectivity index (χ2n) is 4.88. The number of amides is 1. The van der Waals surface area contributed by atoms with Crippen molar-refractivity contribution in [1.29, 1.82) is 0 Å². The molecule has 1 N–H and O–H groups in total. The topological polar surface area (TPSA) is 65.8 Å². The van der Waals surface area contributed by atoms with E-state index in [4.69, 9.17) is 5.11 Å². The summed E-state index contributed by atoms with van der Waals surface area (Å²) in [6.45, 7) is 4.39. The van der Waals surface area contributed by atoms with E-state index in [0.717, 1.165) is 5.69 Å². The van der Waals surface area contributed by atoms with Crippen LogP contribution in [0.3, 0.4) is 0 Å². The lowest BCUT2D eigenvalue weighted by atomic mass is 10.2. The standard InChI is InChI=1S/C13H19N3O3/c1-10-3-4-11(14(10)2)13(19)16-7-5-15(6-8-16)9-12(17)18/h3-4H,5-9H2,1-2H3,(H,17,18). The second kappa shape index (κ2) is 5.44. The van der Waals surface area contributed by atoms with Crippen LogP contribution in [0.2, 0.25) is 0 Å². The molecule has 2 rings (SSSR count). The SMILES string of the molecule is Cc1ccc(C(=O)N2CCN(CC(=O)O)CC2)n1C. The van der Waals surface area contributed by atoms with Crippen molar-refractivity contribution in [2.75, 3.05) is 32.7 Å². The monoisotopic (exact) mass is 265 g/mol. The minimum atomic E-state index is -0.821. The first-order valence-corrected chi connectivity index (χ1v) is 6.35. The number of carboxylic acid groups (broad SMARTS) is 1. The molecule has 0 unspecified atom stereocenters. The largest absolute Gasteiger partial charge is 0.480 e. The summed E-state index contributed by atoms with van der Waals surface area (Å²) in [7, 11) is 1.88. The molecule has 1 fully saturated rings. The lowest BCUT2D eigenvalue weighted by Gasteiger charge is -2.33. The van der Waals surface area contributed by atoms with Crippen molar-refractivity contribution in [3.8, 4) is 0 Å². The van der Waals surface area contributed by atoms with E-state index in [1.54, 1.807) is 4.90 Å². The molecule has 1 saturated heterocycles. The van der Waals surface area contributed by atoms with Gasteiger partial charge in [-0.25, -0.2) is 0 Å². The summed E-state index contributed by atoms with van der Waals surface area (Å²) in [5.41, 5.74) is 1.73. The highest BCUT2D eigenvalue weighted by Gasteiger charge is 2.24. The van der Waals surface area contributed by atoms with Crippen molar-refractivity contribution in [3.63, 3.8) is 0 Å². The van der Waals surface area contributed by atoms with Gasteiger partial charge in [-0.3, -0.25) is 14.5 Å². The molecule has 1 aromatic heterocycles. The first-order valence-electron chi connectivity index (χ1n) is 6.35. The highest BCUT2D eigenvalue weighted by atomic mass is 16.4. The van der Waals surface area contributed by atoms with E-state index < -0.39 is 5.97 Å². The van der Waals surface area contributed by atoms with Gasteiger partial charge in [0.2, 0.25) is 0 Å². The van der Waals surface area contributed by atoms with Crippen LogP contribution in [-0.4, -0.2) is 64.1 Å². The Bertz CT molecular complexity index is 487. The zero-order chi connectivity index (χ0) is 14.0. The van der Waals surface area contributed by atoms with Crippen molar-refractivity contribution in [2.24, 2.45) is 7.05 Å². The molecule has 104 valence electrons. The predicted octanol–water partition coefficient (Wildman–Crippen LogP) is 0.176.